The van der Waals surface area contributed by atoms with Crippen molar-refractivity contribution >= 4 is 87.9 Å². The predicted molar refractivity (Wildman–Crippen MR) is 137 cm³/mol. The number of halogens is 2. The Labute approximate surface area is 205 Å². The largest absolute Gasteiger partial charge is 0.308 e. The third kappa shape index (κ3) is 4.78. The van der Waals surface area contributed by atoms with Gasteiger partial charge in [0.05, 0.1) is 14.6 Å². The fourth-order valence-electron chi connectivity index (χ4n) is 3.18. The molecule has 0 spiro atoms. The lowest BCUT2D eigenvalue weighted by Gasteiger charge is -2.21. The van der Waals surface area contributed by atoms with Crippen LogP contribution in [0.3, 0.4) is 0 Å². The summed E-state index contributed by atoms with van der Waals surface area (Å²) in [6.07, 6.45) is 1.16. The average Bonchev–Trinajstić information content (AvgIpc) is 3.28. The zero-order valence-electron chi connectivity index (χ0n) is 17.5. The molecule has 0 aliphatic carbocycles. The first-order chi connectivity index (χ1) is 14.7. The number of amides is 1. The Balaban J connectivity index is 0.00000289. The molecule has 6 nitrogen and oxygen atoms in total. The average molecular weight is 531 g/mol. The molecular formula is C21H21Cl2N3O3S3. The van der Waals surface area contributed by atoms with Gasteiger partial charge in [0.25, 0.3) is 5.91 Å². The summed E-state index contributed by atoms with van der Waals surface area (Å²) in [5.41, 5.74) is 0.384. The zero-order valence-corrected chi connectivity index (χ0v) is 21.6. The number of sulfone groups is 1. The lowest BCUT2D eigenvalue weighted by Crippen LogP contribution is -2.36. The zero-order chi connectivity index (χ0) is 22.3. The van der Waals surface area contributed by atoms with Crippen molar-refractivity contribution in [1.29, 1.82) is 0 Å². The molecule has 0 aliphatic heterocycles. The highest BCUT2D eigenvalue weighted by Gasteiger charge is 2.27. The van der Waals surface area contributed by atoms with Gasteiger partial charge in [0.2, 0.25) is 0 Å². The number of likely N-dealkylation sites (N-methyl/N-ethyl adjacent to an activating group) is 1. The Morgan fingerprint density at radius 1 is 1.03 bits per heavy atom. The molecule has 4 rings (SSSR count). The summed E-state index contributed by atoms with van der Waals surface area (Å²) in [4.78, 5) is 22.3. The maximum atomic E-state index is 13.6. The Bertz CT molecular complexity index is 1400. The topological polar surface area (TPSA) is 70.6 Å². The molecule has 170 valence electrons. The van der Waals surface area contributed by atoms with Crippen molar-refractivity contribution in [2.24, 2.45) is 0 Å². The minimum absolute atomic E-state index is 0. The number of benzene rings is 2. The summed E-state index contributed by atoms with van der Waals surface area (Å²) in [7, 11) is 0.401. The van der Waals surface area contributed by atoms with Crippen LogP contribution in [0.5, 0.6) is 0 Å². The van der Waals surface area contributed by atoms with Crippen LogP contribution < -0.4 is 4.90 Å². The smallest absolute Gasteiger partial charge is 0.271 e. The minimum Gasteiger partial charge on any atom is -0.308 e. The fraction of sp³-hybridized carbons (Fsp3) is 0.238. The highest BCUT2D eigenvalue weighted by molar-refractivity contribution is 7.91. The van der Waals surface area contributed by atoms with E-state index in [0.29, 0.717) is 38.3 Å². The first kappa shape index (κ1) is 24.9. The molecule has 1 amide bonds. The van der Waals surface area contributed by atoms with E-state index >= 15 is 0 Å². The van der Waals surface area contributed by atoms with E-state index in [-0.39, 0.29) is 23.2 Å². The second-order valence-electron chi connectivity index (χ2n) is 7.37. The van der Waals surface area contributed by atoms with Crippen LogP contribution in [0.25, 0.3) is 20.3 Å². The lowest BCUT2D eigenvalue weighted by molar-refractivity contribution is 0.0989. The standard InChI is InChI=1S/C21H20ClN3O3S3.ClH/c1-24(2)11-12-25(20(26)19-17(22)13-7-4-5-8-14(13)29-19)21-23-18-15(30-21)9-6-10-16(18)31(3,27)28;/h4-10H,11-12H2,1-3H3;1H. The number of carbonyl (C=O) groups excluding carboxylic acids is 1. The molecule has 0 N–H and O–H groups in total. The number of carbonyl (C=O) groups is 1. The summed E-state index contributed by atoms with van der Waals surface area (Å²) in [5, 5.41) is 1.72. The first-order valence-electron chi connectivity index (χ1n) is 9.40. The molecule has 0 atom stereocenters. The molecule has 11 heteroatoms. The number of fused-ring (bicyclic) bond motifs is 2. The van der Waals surface area contributed by atoms with Crippen molar-refractivity contribution in [2.45, 2.75) is 4.90 Å². The normalized spacial score (nSPS) is 11.8. The lowest BCUT2D eigenvalue weighted by atomic mass is 10.2. The number of thiophene rings is 1. The number of para-hydroxylation sites is 1. The Morgan fingerprint density at radius 3 is 2.38 bits per heavy atom. The van der Waals surface area contributed by atoms with Gasteiger partial charge in [-0.05, 0) is 32.3 Å². The van der Waals surface area contributed by atoms with Gasteiger partial charge in [-0.2, -0.15) is 0 Å². The second kappa shape index (κ2) is 9.62. The number of hydrogen-bond donors (Lipinski definition) is 0. The molecule has 0 bridgehead atoms. The van der Waals surface area contributed by atoms with E-state index in [2.05, 4.69) is 4.98 Å². The summed E-state index contributed by atoms with van der Waals surface area (Å²) >= 11 is 9.21. The van der Waals surface area contributed by atoms with E-state index in [1.807, 2.05) is 49.3 Å². The number of rotatable bonds is 6. The third-order valence-electron chi connectivity index (χ3n) is 4.75. The van der Waals surface area contributed by atoms with Crippen LogP contribution in [-0.2, 0) is 9.84 Å². The van der Waals surface area contributed by atoms with Gasteiger partial charge < -0.3 is 4.90 Å². The van der Waals surface area contributed by atoms with Crippen LogP contribution in [0.1, 0.15) is 9.67 Å². The number of anilines is 1. The summed E-state index contributed by atoms with van der Waals surface area (Å²) < 4.78 is 26.1. The number of hydrogen-bond acceptors (Lipinski definition) is 7. The van der Waals surface area contributed by atoms with Crippen molar-refractivity contribution in [1.82, 2.24) is 9.88 Å². The van der Waals surface area contributed by atoms with Crippen molar-refractivity contribution in [3.05, 3.63) is 52.4 Å². The molecule has 0 fully saturated rings. The molecule has 32 heavy (non-hydrogen) atoms. The van der Waals surface area contributed by atoms with E-state index in [0.717, 1.165) is 16.3 Å². The molecule has 0 saturated carbocycles. The molecule has 0 saturated heterocycles. The Morgan fingerprint density at radius 2 is 1.72 bits per heavy atom. The third-order valence-corrected chi connectivity index (χ3v) is 8.58. The molecule has 0 unspecified atom stereocenters. The van der Waals surface area contributed by atoms with E-state index < -0.39 is 9.84 Å². The highest BCUT2D eigenvalue weighted by Crippen LogP contribution is 2.38. The van der Waals surface area contributed by atoms with Crippen molar-refractivity contribution < 1.29 is 13.2 Å². The van der Waals surface area contributed by atoms with E-state index in [1.54, 1.807) is 11.0 Å². The summed E-state index contributed by atoms with van der Waals surface area (Å²) in [5.74, 6) is -0.243. The fourth-order valence-corrected chi connectivity index (χ4v) is 6.56. The highest BCUT2D eigenvalue weighted by atomic mass is 35.5. The summed E-state index contributed by atoms with van der Waals surface area (Å²) in [6, 6.07) is 12.7. The number of thiazole rings is 1. The minimum atomic E-state index is -3.45. The first-order valence-corrected chi connectivity index (χ1v) is 13.3. The van der Waals surface area contributed by atoms with Gasteiger partial charge in [0, 0.05) is 29.4 Å². The maximum Gasteiger partial charge on any atom is 0.271 e. The molecule has 4 aromatic rings. The van der Waals surface area contributed by atoms with E-state index in [9.17, 15) is 13.2 Å². The van der Waals surface area contributed by atoms with E-state index in [1.165, 1.54) is 28.7 Å². The monoisotopic (exact) mass is 529 g/mol. The second-order valence-corrected chi connectivity index (χ2v) is 11.8. The van der Waals surface area contributed by atoms with Crippen LogP contribution in [0.2, 0.25) is 5.02 Å². The molecule has 2 aromatic carbocycles. The van der Waals surface area contributed by atoms with Crippen molar-refractivity contribution in [3.63, 3.8) is 0 Å². The van der Waals surface area contributed by atoms with Gasteiger partial charge in [-0.1, -0.05) is 47.2 Å². The van der Waals surface area contributed by atoms with Crippen molar-refractivity contribution in [3.8, 4) is 0 Å². The number of aromatic nitrogens is 1. The molecule has 2 aromatic heterocycles. The molecular weight excluding hydrogens is 509 g/mol. The van der Waals surface area contributed by atoms with Crippen LogP contribution in [0, 0.1) is 0 Å². The number of nitrogens with zero attached hydrogens (tertiary/aromatic N) is 3. The molecule has 2 heterocycles. The van der Waals surface area contributed by atoms with Crippen LogP contribution >= 0.6 is 46.7 Å². The maximum absolute atomic E-state index is 13.6. The van der Waals surface area contributed by atoms with Gasteiger partial charge in [-0.3, -0.25) is 9.69 Å². The summed E-state index contributed by atoms with van der Waals surface area (Å²) in [6.45, 7) is 1.01. The predicted octanol–water partition coefficient (Wildman–Crippen LogP) is 5.20. The van der Waals surface area contributed by atoms with Gasteiger partial charge in [0.1, 0.15) is 10.4 Å². The SMILES string of the molecule is CN(C)CCN(C(=O)c1sc2ccccc2c1Cl)c1nc2c(S(C)(=O)=O)cccc2s1.Cl. The van der Waals surface area contributed by atoms with Gasteiger partial charge in [-0.15, -0.1) is 23.7 Å². The quantitative estimate of drug-likeness (QED) is 0.343. The van der Waals surface area contributed by atoms with Crippen LogP contribution in [0.15, 0.2) is 47.4 Å². The van der Waals surface area contributed by atoms with Gasteiger partial charge >= 0.3 is 0 Å². The van der Waals surface area contributed by atoms with E-state index in [4.69, 9.17) is 11.6 Å². The molecule has 0 aliphatic rings. The molecule has 0 radical (unpaired) electrons. The van der Waals surface area contributed by atoms with Crippen LogP contribution in [0.4, 0.5) is 5.13 Å². The van der Waals surface area contributed by atoms with Gasteiger partial charge in [0.15, 0.2) is 15.0 Å². The van der Waals surface area contributed by atoms with Crippen molar-refractivity contribution in [2.75, 3.05) is 38.3 Å². The Hall–Kier alpha value is -1.75. The van der Waals surface area contributed by atoms with Gasteiger partial charge in [-0.25, -0.2) is 13.4 Å². The Kier molecular flexibility index (Phi) is 7.48. The van der Waals surface area contributed by atoms with Crippen LogP contribution in [-0.4, -0.2) is 57.6 Å².